The molecule has 0 aliphatic carbocycles. The standard InChI is InChI=1S/C18H24N4O3S/c1-5-6-19-16(24)13(4)20-15(23)10-26-18-22-21-17(25-18)14-8-11(2)7-12(3)9-14/h7-9,13H,5-6,10H2,1-4H3,(H,19,24)(H,20,23)/t13-/m1/s1. The van der Waals surface area contributed by atoms with E-state index in [-0.39, 0.29) is 17.6 Å². The van der Waals surface area contributed by atoms with E-state index in [1.807, 2.05) is 32.9 Å². The van der Waals surface area contributed by atoms with Crippen LogP contribution < -0.4 is 10.6 Å². The molecule has 0 fully saturated rings. The molecule has 8 heteroatoms. The minimum Gasteiger partial charge on any atom is -0.411 e. The van der Waals surface area contributed by atoms with Crippen LogP contribution in [0, 0.1) is 13.8 Å². The highest BCUT2D eigenvalue weighted by molar-refractivity contribution is 7.99. The van der Waals surface area contributed by atoms with Gasteiger partial charge in [0.1, 0.15) is 6.04 Å². The molecule has 2 aromatic rings. The first kappa shape index (κ1) is 20.0. The Morgan fingerprint density at radius 2 is 1.88 bits per heavy atom. The quantitative estimate of drug-likeness (QED) is 0.687. The van der Waals surface area contributed by atoms with Crippen molar-refractivity contribution in [3.05, 3.63) is 29.3 Å². The number of hydrogen-bond acceptors (Lipinski definition) is 6. The third kappa shape index (κ3) is 5.87. The van der Waals surface area contributed by atoms with Crippen molar-refractivity contribution >= 4 is 23.6 Å². The Kier molecular flexibility index (Phi) is 7.20. The van der Waals surface area contributed by atoms with E-state index >= 15 is 0 Å². The Balaban J connectivity index is 1.87. The zero-order valence-corrected chi connectivity index (χ0v) is 16.3. The average molecular weight is 376 g/mol. The number of carbonyl (C=O) groups excluding carboxylic acids is 2. The molecule has 26 heavy (non-hydrogen) atoms. The molecule has 0 radical (unpaired) electrons. The van der Waals surface area contributed by atoms with Gasteiger partial charge in [0.05, 0.1) is 5.75 Å². The molecule has 2 amide bonds. The number of carbonyl (C=O) groups is 2. The van der Waals surface area contributed by atoms with Gasteiger partial charge >= 0.3 is 0 Å². The number of thioether (sulfide) groups is 1. The lowest BCUT2D eigenvalue weighted by Crippen LogP contribution is -2.45. The highest BCUT2D eigenvalue weighted by Gasteiger charge is 2.16. The van der Waals surface area contributed by atoms with E-state index in [9.17, 15) is 9.59 Å². The summed E-state index contributed by atoms with van der Waals surface area (Å²) in [5, 5.41) is 13.7. The van der Waals surface area contributed by atoms with E-state index in [2.05, 4.69) is 26.9 Å². The first-order chi connectivity index (χ1) is 12.4. The fraction of sp³-hybridized carbons (Fsp3) is 0.444. The molecule has 0 bridgehead atoms. The van der Waals surface area contributed by atoms with Crippen LogP contribution in [0.25, 0.3) is 11.5 Å². The van der Waals surface area contributed by atoms with Gasteiger partial charge in [0, 0.05) is 12.1 Å². The van der Waals surface area contributed by atoms with Crippen LogP contribution in [0.2, 0.25) is 0 Å². The number of nitrogens with zero attached hydrogens (tertiary/aromatic N) is 2. The van der Waals surface area contributed by atoms with Crippen LogP contribution in [0.5, 0.6) is 0 Å². The van der Waals surface area contributed by atoms with Crippen LogP contribution in [0.1, 0.15) is 31.4 Å². The fourth-order valence-corrected chi connectivity index (χ4v) is 2.93. The van der Waals surface area contributed by atoms with Crippen LogP contribution in [-0.4, -0.2) is 40.4 Å². The van der Waals surface area contributed by atoms with Gasteiger partial charge in [0.2, 0.25) is 17.7 Å². The van der Waals surface area contributed by atoms with Crippen molar-refractivity contribution in [3.63, 3.8) is 0 Å². The molecule has 2 N–H and O–H groups in total. The molecule has 2 rings (SSSR count). The van der Waals surface area contributed by atoms with E-state index in [0.29, 0.717) is 17.7 Å². The first-order valence-electron chi connectivity index (χ1n) is 8.51. The van der Waals surface area contributed by atoms with Crippen molar-refractivity contribution in [2.75, 3.05) is 12.3 Å². The maximum atomic E-state index is 12.0. The average Bonchev–Trinajstić information content (AvgIpc) is 3.06. The maximum absolute atomic E-state index is 12.0. The predicted octanol–water partition coefficient (Wildman–Crippen LogP) is 2.48. The number of benzene rings is 1. The molecule has 0 aliphatic heterocycles. The summed E-state index contributed by atoms with van der Waals surface area (Å²) in [5.41, 5.74) is 3.08. The highest BCUT2D eigenvalue weighted by atomic mass is 32.2. The van der Waals surface area contributed by atoms with Crippen LogP contribution in [0.4, 0.5) is 0 Å². The second-order valence-corrected chi connectivity index (χ2v) is 7.05. The number of hydrogen-bond donors (Lipinski definition) is 2. The van der Waals surface area contributed by atoms with Gasteiger partial charge in [-0.05, 0) is 39.3 Å². The van der Waals surface area contributed by atoms with Crippen LogP contribution in [0.3, 0.4) is 0 Å². The minimum absolute atomic E-state index is 0.0971. The fourth-order valence-electron chi connectivity index (χ4n) is 2.36. The molecular weight excluding hydrogens is 352 g/mol. The zero-order valence-electron chi connectivity index (χ0n) is 15.5. The molecule has 0 saturated carbocycles. The smallest absolute Gasteiger partial charge is 0.277 e. The highest BCUT2D eigenvalue weighted by Crippen LogP contribution is 2.24. The normalized spacial score (nSPS) is 11.8. The Hall–Kier alpha value is -2.35. The zero-order chi connectivity index (χ0) is 19.1. The SMILES string of the molecule is CCCNC(=O)[C@@H](C)NC(=O)CSc1nnc(-c2cc(C)cc(C)c2)o1. The lowest BCUT2D eigenvalue weighted by molar-refractivity contribution is -0.127. The topological polar surface area (TPSA) is 97.1 Å². The second kappa shape index (κ2) is 9.38. The summed E-state index contributed by atoms with van der Waals surface area (Å²) in [6.07, 6.45) is 0.849. The lowest BCUT2D eigenvalue weighted by atomic mass is 10.1. The molecule has 1 aromatic heterocycles. The molecule has 0 saturated heterocycles. The van der Waals surface area contributed by atoms with E-state index in [1.54, 1.807) is 6.92 Å². The van der Waals surface area contributed by atoms with Gasteiger partial charge in [-0.3, -0.25) is 9.59 Å². The third-order valence-corrected chi connectivity index (χ3v) is 4.34. The molecule has 0 aliphatic rings. The Bertz CT molecular complexity index is 755. The number of nitrogens with one attached hydrogen (secondary N) is 2. The van der Waals surface area contributed by atoms with Gasteiger partial charge in [0.15, 0.2) is 0 Å². The molecule has 1 atom stereocenters. The number of amides is 2. The monoisotopic (exact) mass is 376 g/mol. The summed E-state index contributed by atoms with van der Waals surface area (Å²) in [4.78, 5) is 23.7. The van der Waals surface area contributed by atoms with Crippen molar-refractivity contribution < 1.29 is 14.0 Å². The maximum Gasteiger partial charge on any atom is 0.277 e. The van der Waals surface area contributed by atoms with Crippen LogP contribution >= 0.6 is 11.8 Å². The molecule has 7 nitrogen and oxygen atoms in total. The van der Waals surface area contributed by atoms with Crippen molar-refractivity contribution in [2.24, 2.45) is 0 Å². The second-order valence-electron chi connectivity index (χ2n) is 6.12. The van der Waals surface area contributed by atoms with Gasteiger partial charge in [-0.2, -0.15) is 0 Å². The summed E-state index contributed by atoms with van der Waals surface area (Å²) < 4.78 is 5.62. The van der Waals surface area contributed by atoms with Gasteiger partial charge < -0.3 is 15.1 Å². The first-order valence-corrected chi connectivity index (χ1v) is 9.49. The Labute approximate surface area is 157 Å². The van der Waals surface area contributed by atoms with Crippen molar-refractivity contribution in [1.82, 2.24) is 20.8 Å². The van der Waals surface area contributed by atoms with Crippen LogP contribution in [0.15, 0.2) is 27.8 Å². The summed E-state index contributed by atoms with van der Waals surface area (Å²) in [5.74, 6) is 0.0623. The van der Waals surface area contributed by atoms with Gasteiger partial charge in [-0.1, -0.05) is 35.9 Å². The molecule has 0 unspecified atom stereocenters. The number of aromatic nitrogens is 2. The van der Waals surface area contributed by atoms with Crippen molar-refractivity contribution in [1.29, 1.82) is 0 Å². The minimum atomic E-state index is -0.580. The molecule has 1 heterocycles. The van der Waals surface area contributed by atoms with E-state index in [0.717, 1.165) is 34.9 Å². The van der Waals surface area contributed by atoms with Gasteiger partial charge in [0.25, 0.3) is 5.22 Å². The van der Waals surface area contributed by atoms with Crippen molar-refractivity contribution in [3.8, 4) is 11.5 Å². The van der Waals surface area contributed by atoms with Gasteiger partial charge in [-0.15, -0.1) is 10.2 Å². The Morgan fingerprint density at radius 1 is 1.19 bits per heavy atom. The van der Waals surface area contributed by atoms with Crippen LogP contribution in [-0.2, 0) is 9.59 Å². The Morgan fingerprint density at radius 3 is 2.54 bits per heavy atom. The van der Waals surface area contributed by atoms with E-state index < -0.39 is 6.04 Å². The van der Waals surface area contributed by atoms with E-state index in [4.69, 9.17) is 4.42 Å². The van der Waals surface area contributed by atoms with Gasteiger partial charge in [-0.25, -0.2) is 0 Å². The number of aryl methyl sites for hydroxylation is 2. The van der Waals surface area contributed by atoms with E-state index in [1.165, 1.54) is 0 Å². The van der Waals surface area contributed by atoms with Crippen molar-refractivity contribution in [2.45, 2.75) is 45.4 Å². The summed E-state index contributed by atoms with van der Waals surface area (Å²) in [6.45, 7) is 8.22. The molecule has 0 spiro atoms. The largest absolute Gasteiger partial charge is 0.411 e. The summed E-state index contributed by atoms with van der Waals surface area (Å²) in [7, 11) is 0. The summed E-state index contributed by atoms with van der Waals surface area (Å²) >= 11 is 1.14. The number of rotatable bonds is 8. The predicted molar refractivity (Wildman–Crippen MR) is 101 cm³/mol. The molecule has 1 aromatic carbocycles. The summed E-state index contributed by atoms with van der Waals surface area (Å²) in [6, 6.07) is 5.43. The molecule has 140 valence electrons. The lowest BCUT2D eigenvalue weighted by Gasteiger charge is -2.13. The molecular formula is C18H24N4O3S. The third-order valence-electron chi connectivity index (χ3n) is 3.52.